The zero-order chi connectivity index (χ0) is 15.3. The average molecular weight is 288 g/mol. The zero-order valence-electron chi connectivity index (χ0n) is 14.3. The highest BCUT2D eigenvalue weighted by Gasteiger charge is 2.40. The molecule has 0 aromatic heterocycles. The lowest BCUT2D eigenvalue weighted by Gasteiger charge is -2.52. The van der Waals surface area contributed by atoms with Crippen LogP contribution in [0.15, 0.2) is 30.3 Å². The molecule has 2 rings (SSSR count). The summed E-state index contributed by atoms with van der Waals surface area (Å²) < 4.78 is 0. The first-order valence-corrected chi connectivity index (χ1v) is 8.55. The lowest BCUT2D eigenvalue weighted by Crippen LogP contribution is -2.67. The summed E-state index contributed by atoms with van der Waals surface area (Å²) in [4.78, 5) is 2.71. The van der Waals surface area contributed by atoms with Gasteiger partial charge in [0.2, 0.25) is 0 Å². The molecular weight excluding hydrogens is 256 g/mol. The second-order valence-corrected chi connectivity index (χ2v) is 7.16. The molecule has 1 aliphatic heterocycles. The molecule has 0 amide bonds. The zero-order valence-corrected chi connectivity index (χ0v) is 14.3. The van der Waals surface area contributed by atoms with Gasteiger partial charge in [0.1, 0.15) is 0 Å². The van der Waals surface area contributed by atoms with E-state index in [0.29, 0.717) is 5.54 Å². The Morgan fingerprint density at radius 3 is 2.38 bits per heavy atom. The highest BCUT2D eigenvalue weighted by molar-refractivity contribution is 5.14. The standard InChI is InChI=1S/C19H32N2/c1-5-19(6-2)16-21(18(3,4)15-20-19)14-10-13-17-11-8-7-9-12-17/h7-9,11-12,20H,5-6,10,13-16H2,1-4H3. The van der Waals surface area contributed by atoms with Gasteiger partial charge in [0.05, 0.1) is 0 Å². The molecule has 1 aliphatic rings. The number of aryl methyl sites for hydroxylation is 1. The van der Waals surface area contributed by atoms with E-state index in [0.717, 1.165) is 6.54 Å². The van der Waals surface area contributed by atoms with Crippen LogP contribution in [0.5, 0.6) is 0 Å². The van der Waals surface area contributed by atoms with Crippen LogP contribution in [0.2, 0.25) is 0 Å². The topological polar surface area (TPSA) is 15.3 Å². The van der Waals surface area contributed by atoms with Gasteiger partial charge in [-0.25, -0.2) is 0 Å². The van der Waals surface area contributed by atoms with Crippen molar-refractivity contribution in [3.8, 4) is 0 Å². The number of hydrogen-bond donors (Lipinski definition) is 1. The smallest absolute Gasteiger partial charge is 0.0304 e. The molecule has 1 N–H and O–H groups in total. The van der Waals surface area contributed by atoms with Crippen molar-refractivity contribution in [2.45, 2.75) is 64.5 Å². The quantitative estimate of drug-likeness (QED) is 0.855. The Labute approximate surface area is 130 Å². The van der Waals surface area contributed by atoms with Crippen molar-refractivity contribution in [2.24, 2.45) is 0 Å². The van der Waals surface area contributed by atoms with Crippen LogP contribution in [0.25, 0.3) is 0 Å². The molecule has 1 fully saturated rings. The van der Waals surface area contributed by atoms with Crippen LogP contribution in [0.3, 0.4) is 0 Å². The summed E-state index contributed by atoms with van der Waals surface area (Å²) in [5, 5.41) is 3.82. The molecule has 0 radical (unpaired) electrons. The predicted molar refractivity (Wildman–Crippen MR) is 91.7 cm³/mol. The molecule has 0 saturated carbocycles. The molecule has 2 heteroatoms. The van der Waals surface area contributed by atoms with Crippen molar-refractivity contribution in [1.82, 2.24) is 10.2 Å². The van der Waals surface area contributed by atoms with Crippen molar-refractivity contribution < 1.29 is 0 Å². The van der Waals surface area contributed by atoms with Gasteiger partial charge in [0.25, 0.3) is 0 Å². The van der Waals surface area contributed by atoms with Crippen LogP contribution in [0, 0.1) is 0 Å². The molecule has 0 aliphatic carbocycles. The Kier molecular flexibility index (Phi) is 5.45. The largest absolute Gasteiger partial charge is 0.308 e. The lowest BCUT2D eigenvalue weighted by atomic mass is 9.84. The summed E-state index contributed by atoms with van der Waals surface area (Å²) in [5.41, 5.74) is 2.05. The Morgan fingerprint density at radius 1 is 1.10 bits per heavy atom. The summed E-state index contributed by atoms with van der Waals surface area (Å²) in [6.45, 7) is 12.9. The van der Waals surface area contributed by atoms with Crippen molar-refractivity contribution in [3.63, 3.8) is 0 Å². The van der Waals surface area contributed by atoms with Crippen molar-refractivity contribution in [3.05, 3.63) is 35.9 Å². The fourth-order valence-corrected chi connectivity index (χ4v) is 3.37. The summed E-state index contributed by atoms with van der Waals surface area (Å²) in [6, 6.07) is 10.9. The number of nitrogens with zero attached hydrogens (tertiary/aromatic N) is 1. The van der Waals surface area contributed by atoms with Gasteiger partial charge >= 0.3 is 0 Å². The molecule has 1 aromatic rings. The first kappa shape index (κ1) is 16.5. The van der Waals surface area contributed by atoms with Crippen molar-refractivity contribution >= 4 is 0 Å². The molecule has 21 heavy (non-hydrogen) atoms. The molecule has 0 atom stereocenters. The summed E-state index contributed by atoms with van der Waals surface area (Å²) in [6.07, 6.45) is 4.87. The van der Waals surface area contributed by atoms with Gasteiger partial charge in [0, 0.05) is 24.2 Å². The maximum absolute atomic E-state index is 3.82. The van der Waals surface area contributed by atoms with Gasteiger partial charge in [-0.1, -0.05) is 44.2 Å². The van der Waals surface area contributed by atoms with Crippen LogP contribution in [-0.4, -0.2) is 35.6 Å². The normalized spacial score (nSPS) is 21.3. The second-order valence-electron chi connectivity index (χ2n) is 7.16. The van der Waals surface area contributed by atoms with E-state index in [-0.39, 0.29) is 5.54 Å². The number of hydrogen-bond acceptors (Lipinski definition) is 2. The van der Waals surface area contributed by atoms with Gasteiger partial charge in [0.15, 0.2) is 0 Å². The van der Waals surface area contributed by atoms with E-state index in [1.54, 1.807) is 0 Å². The number of piperazine rings is 1. The van der Waals surface area contributed by atoms with Gasteiger partial charge in [-0.05, 0) is 51.6 Å². The van der Waals surface area contributed by atoms with E-state index in [4.69, 9.17) is 0 Å². The molecule has 1 aromatic carbocycles. The number of benzene rings is 1. The highest BCUT2D eigenvalue weighted by Crippen LogP contribution is 2.28. The molecular formula is C19H32N2. The maximum atomic E-state index is 3.82. The second kappa shape index (κ2) is 6.93. The van der Waals surface area contributed by atoms with Gasteiger partial charge in [-0.2, -0.15) is 0 Å². The van der Waals surface area contributed by atoms with E-state index in [1.165, 1.54) is 44.3 Å². The minimum atomic E-state index is 0.268. The fraction of sp³-hybridized carbons (Fsp3) is 0.684. The van der Waals surface area contributed by atoms with Crippen LogP contribution in [0.1, 0.15) is 52.5 Å². The van der Waals surface area contributed by atoms with Crippen LogP contribution in [-0.2, 0) is 6.42 Å². The monoisotopic (exact) mass is 288 g/mol. The summed E-state index contributed by atoms with van der Waals surface area (Å²) >= 11 is 0. The highest BCUT2D eigenvalue weighted by atomic mass is 15.3. The average Bonchev–Trinajstić information content (AvgIpc) is 2.50. The maximum Gasteiger partial charge on any atom is 0.0304 e. The van der Waals surface area contributed by atoms with E-state index < -0.39 is 0 Å². The van der Waals surface area contributed by atoms with Crippen molar-refractivity contribution in [1.29, 1.82) is 0 Å². The van der Waals surface area contributed by atoms with Gasteiger partial charge < -0.3 is 5.32 Å². The Hall–Kier alpha value is -0.860. The number of rotatable bonds is 6. The lowest BCUT2D eigenvalue weighted by molar-refractivity contribution is 0.0219. The van der Waals surface area contributed by atoms with Crippen LogP contribution >= 0.6 is 0 Å². The van der Waals surface area contributed by atoms with E-state index in [1.807, 2.05) is 0 Å². The van der Waals surface area contributed by atoms with Gasteiger partial charge in [-0.15, -0.1) is 0 Å². The van der Waals surface area contributed by atoms with E-state index in [9.17, 15) is 0 Å². The van der Waals surface area contributed by atoms with Crippen LogP contribution < -0.4 is 5.32 Å². The van der Waals surface area contributed by atoms with Gasteiger partial charge in [-0.3, -0.25) is 4.90 Å². The first-order valence-electron chi connectivity index (χ1n) is 8.55. The molecule has 2 nitrogen and oxygen atoms in total. The third-order valence-corrected chi connectivity index (χ3v) is 5.34. The Bertz CT molecular complexity index is 420. The minimum absolute atomic E-state index is 0.268. The van der Waals surface area contributed by atoms with E-state index in [2.05, 4.69) is 68.2 Å². The van der Waals surface area contributed by atoms with E-state index >= 15 is 0 Å². The SMILES string of the molecule is CCC1(CC)CN(CCCc2ccccc2)C(C)(C)CN1. The minimum Gasteiger partial charge on any atom is -0.308 e. The summed E-state index contributed by atoms with van der Waals surface area (Å²) in [5.74, 6) is 0. The number of nitrogens with one attached hydrogen (secondary N) is 1. The van der Waals surface area contributed by atoms with Crippen LogP contribution in [0.4, 0.5) is 0 Å². The molecule has 0 unspecified atom stereocenters. The fourth-order valence-electron chi connectivity index (χ4n) is 3.37. The molecule has 1 saturated heterocycles. The molecule has 118 valence electrons. The molecule has 1 heterocycles. The predicted octanol–water partition coefficient (Wildman–Crippen LogP) is 3.86. The molecule has 0 bridgehead atoms. The Morgan fingerprint density at radius 2 is 1.76 bits per heavy atom. The third kappa shape index (κ3) is 4.08. The molecule has 0 spiro atoms. The third-order valence-electron chi connectivity index (χ3n) is 5.34. The Balaban J connectivity index is 1.92. The van der Waals surface area contributed by atoms with Crippen molar-refractivity contribution in [2.75, 3.05) is 19.6 Å². The first-order chi connectivity index (χ1) is 10.0. The summed E-state index contributed by atoms with van der Waals surface area (Å²) in [7, 11) is 0.